The number of aliphatic hydroxyl groups excluding tert-OH is 1. The van der Waals surface area contributed by atoms with Crippen LogP contribution in [0.25, 0.3) is 0 Å². The lowest BCUT2D eigenvalue weighted by molar-refractivity contribution is -0.153. The van der Waals surface area contributed by atoms with Gasteiger partial charge in [-0.15, -0.1) is 0 Å². The topological polar surface area (TPSA) is 72.8 Å². The third kappa shape index (κ3) is 1.88. The highest BCUT2D eigenvalue weighted by molar-refractivity contribution is 5.94. The Morgan fingerprint density at radius 3 is 2.82 bits per heavy atom. The second-order valence-corrected chi connectivity index (χ2v) is 6.45. The smallest absolute Gasteiger partial charge is 0.339 e. The molecule has 3 rings (SSSR count). The largest absolute Gasteiger partial charge is 0.462 e. The minimum atomic E-state index is -0.862. The number of carbonyl (C=O) groups excluding carboxylic acids is 2. The summed E-state index contributed by atoms with van der Waals surface area (Å²) in [6.07, 6.45) is 3.24. The Morgan fingerprint density at radius 2 is 2.18 bits per heavy atom. The number of allylic oxidation sites excluding steroid dienone is 1. The number of esters is 2. The van der Waals surface area contributed by atoms with Gasteiger partial charge in [-0.05, 0) is 18.6 Å². The van der Waals surface area contributed by atoms with Gasteiger partial charge in [0.15, 0.2) is 0 Å². The average Bonchev–Trinajstić information content (AvgIpc) is 2.72. The summed E-state index contributed by atoms with van der Waals surface area (Å²) in [5.41, 5.74) is 1.31. The Hall–Kier alpha value is -1.88. The summed E-state index contributed by atoms with van der Waals surface area (Å²) in [5, 5.41) is 10.9. The van der Waals surface area contributed by atoms with E-state index in [1.807, 2.05) is 26.0 Å². The van der Waals surface area contributed by atoms with E-state index in [9.17, 15) is 14.7 Å². The van der Waals surface area contributed by atoms with Gasteiger partial charge in [-0.2, -0.15) is 0 Å². The van der Waals surface area contributed by atoms with Gasteiger partial charge in [-0.1, -0.05) is 19.9 Å². The van der Waals surface area contributed by atoms with Gasteiger partial charge < -0.3 is 14.6 Å². The average molecular weight is 304 g/mol. The van der Waals surface area contributed by atoms with E-state index in [0.29, 0.717) is 23.3 Å². The molecule has 0 aromatic rings. The normalized spacial score (nSPS) is 37.0. The van der Waals surface area contributed by atoms with Crippen molar-refractivity contribution >= 4 is 11.9 Å². The molecule has 0 unspecified atom stereocenters. The molecule has 5 nitrogen and oxygen atoms in total. The van der Waals surface area contributed by atoms with Crippen LogP contribution in [-0.2, 0) is 19.1 Å². The SMILES string of the molecule is CC(=O)O[C@H]1CC=C2C=C3OC(=O)C(C)=C3[C@H](O)[C@]2(C)[C@H]1C. The molecular formula is C17H20O5. The van der Waals surface area contributed by atoms with Crippen LogP contribution in [0.15, 0.2) is 34.6 Å². The highest BCUT2D eigenvalue weighted by atomic mass is 16.5. The van der Waals surface area contributed by atoms with E-state index >= 15 is 0 Å². The maximum Gasteiger partial charge on any atom is 0.339 e. The van der Waals surface area contributed by atoms with Gasteiger partial charge in [0.05, 0.1) is 6.10 Å². The number of carbonyl (C=O) groups is 2. The lowest BCUT2D eigenvalue weighted by atomic mass is 9.59. The van der Waals surface area contributed by atoms with Crippen LogP contribution in [0.1, 0.15) is 34.1 Å². The Kier molecular flexibility index (Phi) is 3.29. The molecule has 3 aliphatic rings. The highest BCUT2D eigenvalue weighted by Crippen LogP contribution is 2.53. The predicted molar refractivity (Wildman–Crippen MR) is 78.4 cm³/mol. The van der Waals surface area contributed by atoms with E-state index in [0.717, 1.165) is 5.57 Å². The fourth-order valence-electron chi connectivity index (χ4n) is 3.72. The Morgan fingerprint density at radius 1 is 1.50 bits per heavy atom. The van der Waals surface area contributed by atoms with Gasteiger partial charge in [-0.25, -0.2) is 4.79 Å². The molecule has 0 saturated heterocycles. The number of hydrogen-bond donors (Lipinski definition) is 1. The zero-order valence-electron chi connectivity index (χ0n) is 13.2. The van der Waals surface area contributed by atoms with Crippen LogP contribution in [0.2, 0.25) is 0 Å². The van der Waals surface area contributed by atoms with Gasteiger partial charge >= 0.3 is 11.9 Å². The maximum atomic E-state index is 11.8. The molecule has 0 aromatic carbocycles. The molecular weight excluding hydrogens is 284 g/mol. The lowest BCUT2D eigenvalue weighted by Crippen LogP contribution is -2.50. The molecule has 2 aliphatic carbocycles. The Bertz CT molecular complexity index is 654. The number of hydrogen-bond acceptors (Lipinski definition) is 5. The fourth-order valence-corrected chi connectivity index (χ4v) is 3.72. The zero-order chi connectivity index (χ0) is 16.2. The van der Waals surface area contributed by atoms with Gasteiger partial charge in [0.25, 0.3) is 0 Å². The molecule has 4 atom stereocenters. The number of fused-ring (bicyclic) bond motifs is 2. The summed E-state index contributed by atoms with van der Waals surface area (Å²) >= 11 is 0. The minimum absolute atomic E-state index is 0.0831. The monoisotopic (exact) mass is 304 g/mol. The number of rotatable bonds is 1. The van der Waals surface area contributed by atoms with Gasteiger partial charge in [0.1, 0.15) is 11.9 Å². The standard InChI is InChI=1S/C17H20O5/c1-8-14-13(22-16(8)20)7-11-5-6-12(21-10(3)18)9(2)17(11,4)15(14)19/h5,7,9,12,15,19H,6H2,1-4H3/t9-,12-,15-,17+/m0/s1. The van der Waals surface area contributed by atoms with Crippen molar-refractivity contribution in [2.45, 2.75) is 46.3 Å². The summed E-state index contributed by atoms with van der Waals surface area (Å²) in [7, 11) is 0. The lowest BCUT2D eigenvalue weighted by Gasteiger charge is -2.48. The molecule has 1 aliphatic heterocycles. The van der Waals surface area contributed by atoms with Crippen LogP contribution in [0, 0.1) is 11.3 Å². The first-order valence-corrected chi connectivity index (χ1v) is 7.47. The second-order valence-electron chi connectivity index (χ2n) is 6.45. The van der Waals surface area contributed by atoms with Crippen molar-refractivity contribution in [1.29, 1.82) is 0 Å². The van der Waals surface area contributed by atoms with Crippen molar-refractivity contribution in [3.8, 4) is 0 Å². The zero-order valence-corrected chi connectivity index (χ0v) is 13.2. The fraction of sp³-hybridized carbons (Fsp3) is 0.529. The second kappa shape index (κ2) is 4.81. The third-order valence-corrected chi connectivity index (χ3v) is 5.32. The molecule has 1 N–H and O–H groups in total. The minimum Gasteiger partial charge on any atom is -0.462 e. The van der Waals surface area contributed by atoms with Crippen molar-refractivity contribution in [2.24, 2.45) is 11.3 Å². The molecule has 0 saturated carbocycles. The van der Waals surface area contributed by atoms with Crippen LogP contribution in [0.5, 0.6) is 0 Å². The molecule has 0 aromatic heterocycles. The van der Waals surface area contributed by atoms with E-state index < -0.39 is 17.5 Å². The van der Waals surface area contributed by atoms with E-state index in [-0.39, 0.29) is 18.0 Å². The molecule has 0 spiro atoms. The van der Waals surface area contributed by atoms with Crippen molar-refractivity contribution in [3.63, 3.8) is 0 Å². The Labute approximate surface area is 129 Å². The molecule has 22 heavy (non-hydrogen) atoms. The summed E-state index contributed by atoms with van der Waals surface area (Å²) in [6.45, 7) is 6.97. The first kappa shape index (κ1) is 15.0. The molecule has 118 valence electrons. The van der Waals surface area contributed by atoms with Gasteiger partial charge in [0, 0.05) is 35.8 Å². The van der Waals surface area contributed by atoms with Gasteiger partial charge in [0.2, 0.25) is 0 Å². The number of aliphatic hydroxyl groups is 1. The molecule has 1 heterocycles. The summed E-state index contributed by atoms with van der Waals surface area (Å²) < 4.78 is 10.6. The highest BCUT2D eigenvalue weighted by Gasteiger charge is 2.53. The summed E-state index contributed by atoms with van der Waals surface area (Å²) in [5.74, 6) is -0.377. The van der Waals surface area contributed by atoms with Crippen molar-refractivity contribution in [3.05, 3.63) is 34.6 Å². The summed E-state index contributed by atoms with van der Waals surface area (Å²) in [6, 6.07) is 0. The maximum absolute atomic E-state index is 11.8. The molecule has 0 amide bonds. The van der Waals surface area contributed by atoms with Crippen molar-refractivity contribution in [1.82, 2.24) is 0 Å². The quantitative estimate of drug-likeness (QED) is 0.750. The molecule has 5 heteroatoms. The molecule has 0 bridgehead atoms. The van der Waals surface area contributed by atoms with Crippen LogP contribution in [0.3, 0.4) is 0 Å². The van der Waals surface area contributed by atoms with E-state index in [2.05, 4.69) is 0 Å². The first-order chi connectivity index (χ1) is 10.3. The first-order valence-electron chi connectivity index (χ1n) is 7.47. The third-order valence-electron chi connectivity index (χ3n) is 5.32. The van der Waals surface area contributed by atoms with Crippen molar-refractivity contribution < 1.29 is 24.2 Å². The molecule has 0 radical (unpaired) electrons. The van der Waals surface area contributed by atoms with Crippen molar-refractivity contribution in [2.75, 3.05) is 0 Å². The van der Waals surface area contributed by atoms with Crippen LogP contribution >= 0.6 is 0 Å². The van der Waals surface area contributed by atoms with E-state index in [1.54, 1.807) is 6.92 Å². The summed E-state index contributed by atoms with van der Waals surface area (Å²) in [4.78, 5) is 23.1. The van der Waals surface area contributed by atoms with Crippen LogP contribution in [0.4, 0.5) is 0 Å². The van der Waals surface area contributed by atoms with E-state index in [1.165, 1.54) is 6.92 Å². The van der Waals surface area contributed by atoms with Crippen LogP contribution < -0.4 is 0 Å². The predicted octanol–water partition coefficient (Wildman–Crippen LogP) is 2.02. The number of ether oxygens (including phenoxy) is 2. The van der Waals surface area contributed by atoms with Crippen LogP contribution in [-0.4, -0.2) is 29.3 Å². The van der Waals surface area contributed by atoms with E-state index in [4.69, 9.17) is 9.47 Å². The Balaban J connectivity index is 2.08. The van der Waals surface area contributed by atoms with Gasteiger partial charge in [-0.3, -0.25) is 4.79 Å². The molecule has 0 fully saturated rings.